The van der Waals surface area contributed by atoms with Gasteiger partial charge in [-0.2, -0.15) is 0 Å². The van der Waals surface area contributed by atoms with Crippen LogP contribution in [0.3, 0.4) is 0 Å². The highest BCUT2D eigenvalue weighted by Crippen LogP contribution is 2.09. The van der Waals surface area contributed by atoms with Gasteiger partial charge in [-0.1, -0.05) is 31.5 Å². The number of nitrogens with one attached hydrogen (secondary N) is 2. The molecule has 1 aromatic carbocycles. The second kappa shape index (κ2) is 7.14. The predicted molar refractivity (Wildman–Crippen MR) is 80.5 cm³/mol. The molecule has 2 amide bonds. The predicted octanol–water partition coefficient (Wildman–Crippen LogP) is 2.70. The standard InChI is InChI=1S/C15H25N3O/c1-11(2)14(18(4)5)10-16-15(19)17-13-8-6-12(3)7-9-13/h6-9,11,14H,10H2,1-5H3,(H2,16,17,19). The molecular weight excluding hydrogens is 238 g/mol. The average molecular weight is 263 g/mol. The summed E-state index contributed by atoms with van der Waals surface area (Å²) in [6.07, 6.45) is 0. The first kappa shape index (κ1) is 15.5. The second-order valence-electron chi connectivity index (χ2n) is 5.48. The largest absolute Gasteiger partial charge is 0.336 e. The monoisotopic (exact) mass is 263 g/mol. The first-order chi connectivity index (χ1) is 8.90. The zero-order valence-electron chi connectivity index (χ0n) is 12.5. The topological polar surface area (TPSA) is 44.4 Å². The number of hydrogen-bond donors (Lipinski definition) is 2. The zero-order chi connectivity index (χ0) is 14.4. The van der Waals surface area contributed by atoms with Crippen LogP contribution < -0.4 is 10.6 Å². The molecular formula is C15H25N3O. The van der Waals surface area contributed by atoms with Crippen LogP contribution in [0.4, 0.5) is 10.5 Å². The Morgan fingerprint density at radius 2 is 1.79 bits per heavy atom. The Hall–Kier alpha value is -1.55. The number of nitrogens with zero attached hydrogens (tertiary/aromatic N) is 1. The molecule has 0 heterocycles. The molecule has 0 saturated carbocycles. The lowest BCUT2D eigenvalue weighted by Crippen LogP contribution is -2.44. The Morgan fingerprint density at radius 1 is 1.21 bits per heavy atom. The van der Waals surface area contributed by atoms with Crippen molar-refractivity contribution in [2.45, 2.75) is 26.8 Å². The lowest BCUT2D eigenvalue weighted by atomic mass is 10.0. The van der Waals surface area contributed by atoms with E-state index < -0.39 is 0 Å². The Morgan fingerprint density at radius 3 is 2.26 bits per heavy atom. The minimum Gasteiger partial charge on any atom is -0.336 e. The number of aryl methyl sites for hydroxylation is 1. The molecule has 0 radical (unpaired) electrons. The van der Waals surface area contributed by atoms with E-state index in [4.69, 9.17) is 0 Å². The molecule has 2 N–H and O–H groups in total. The SMILES string of the molecule is Cc1ccc(NC(=O)NCC(C(C)C)N(C)C)cc1. The summed E-state index contributed by atoms with van der Waals surface area (Å²) in [6, 6.07) is 7.94. The normalized spacial score (nSPS) is 12.6. The Kier molecular flexibility index (Phi) is 5.83. The third-order valence-corrected chi connectivity index (χ3v) is 3.21. The van der Waals surface area contributed by atoms with Crippen molar-refractivity contribution in [1.82, 2.24) is 10.2 Å². The van der Waals surface area contributed by atoms with Gasteiger partial charge in [-0.3, -0.25) is 0 Å². The van der Waals surface area contributed by atoms with Gasteiger partial charge in [0.25, 0.3) is 0 Å². The van der Waals surface area contributed by atoms with E-state index in [1.165, 1.54) is 5.56 Å². The Labute approximate surface area is 116 Å². The number of likely N-dealkylation sites (N-methyl/N-ethyl adjacent to an activating group) is 1. The quantitative estimate of drug-likeness (QED) is 0.858. The fourth-order valence-corrected chi connectivity index (χ4v) is 2.02. The summed E-state index contributed by atoms with van der Waals surface area (Å²) in [5.74, 6) is 0.495. The van der Waals surface area contributed by atoms with Gasteiger partial charge in [0, 0.05) is 18.3 Å². The van der Waals surface area contributed by atoms with Crippen LogP contribution in [0, 0.1) is 12.8 Å². The van der Waals surface area contributed by atoms with Crippen LogP contribution >= 0.6 is 0 Å². The van der Waals surface area contributed by atoms with Gasteiger partial charge in [0.15, 0.2) is 0 Å². The van der Waals surface area contributed by atoms with Crippen LogP contribution in [-0.2, 0) is 0 Å². The van der Waals surface area contributed by atoms with Crippen LogP contribution in [0.1, 0.15) is 19.4 Å². The van der Waals surface area contributed by atoms with E-state index in [-0.39, 0.29) is 6.03 Å². The molecule has 4 heteroatoms. The molecule has 0 aromatic heterocycles. The molecule has 0 aliphatic carbocycles. The van der Waals surface area contributed by atoms with E-state index in [0.29, 0.717) is 18.5 Å². The van der Waals surface area contributed by atoms with Crippen LogP contribution in [0.25, 0.3) is 0 Å². The molecule has 4 nitrogen and oxygen atoms in total. The van der Waals surface area contributed by atoms with Gasteiger partial charge < -0.3 is 15.5 Å². The lowest BCUT2D eigenvalue weighted by Gasteiger charge is -2.28. The number of benzene rings is 1. The first-order valence-corrected chi connectivity index (χ1v) is 6.68. The Balaban J connectivity index is 2.45. The molecule has 1 aromatic rings. The van der Waals surface area contributed by atoms with Gasteiger partial charge in [0.05, 0.1) is 0 Å². The minimum absolute atomic E-state index is 0.156. The number of urea groups is 1. The van der Waals surface area contributed by atoms with Crippen LogP contribution in [0.15, 0.2) is 24.3 Å². The van der Waals surface area contributed by atoms with Crippen molar-refractivity contribution in [2.24, 2.45) is 5.92 Å². The van der Waals surface area contributed by atoms with Crippen LogP contribution in [0.5, 0.6) is 0 Å². The number of anilines is 1. The second-order valence-corrected chi connectivity index (χ2v) is 5.48. The van der Waals surface area contributed by atoms with Crippen molar-refractivity contribution in [3.05, 3.63) is 29.8 Å². The number of hydrogen-bond acceptors (Lipinski definition) is 2. The van der Waals surface area contributed by atoms with Crippen LogP contribution in [0.2, 0.25) is 0 Å². The first-order valence-electron chi connectivity index (χ1n) is 6.68. The molecule has 0 spiro atoms. The van der Waals surface area contributed by atoms with Crippen LogP contribution in [-0.4, -0.2) is 37.6 Å². The summed E-state index contributed by atoms with van der Waals surface area (Å²) in [5.41, 5.74) is 1.99. The molecule has 106 valence electrons. The van der Waals surface area contributed by atoms with Gasteiger partial charge in [-0.15, -0.1) is 0 Å². The van der Waals surface area contributed by atoms with Crippen molar-refractivity contribution in [3.63, 3.8) is 0 Å². The van der Waals surface area contributed by atoms with Gasteiger partial charge in [-0.05, 0) is 39.1 Å². The van der Waals surface area contributed by atoms with Gasteiger partial charge in [-0.25, -0.2) is 4.79 Å². The smallest absolute Gasteiger partial charge is 0.319 e. The molecule has 1 unspecified atom stereocenters. The number of carbonyl (C=O) groups excluding carboxylic acids is 1. The van der Waals surface area contributed by atoms with Crippen molar-refractivity contribution < 1.29 is 4.79 Å². The molecule has 0 aliphatic rings. The maximum atomic E-state index is 11.8. The summed E-state index contributed by atoms with van der Waals surface area (Å²) >= 11 is 0. The highest BCUT2D eigenvalue weighted by Gasteiger charge is 2.16. The van der Waals surface area contributed by atoms with E-state index in [1.807, 2.05) is 45.3 Å². The fourth-order valence-electron chi connectivity index (χ4n) is 2.02. The maximum Gasteiger partial charge on any atom is 0.319 e. The molecule has 19 heavy (non-hydrogen) atoms. The van der Waals surface area contributed by atoms with Crippen molar-refractivity contribution in [3.8, 4) is 0 Å². The third-order valence-electron chi connectivity index (χ3n) is 3.21. The van der Waals surface area contributed by atoms with E-state index >= 15 is 0 Å². The van der Waals surface area contributed by atoms with E-state index in [1.54, 1.807) is 0 Å². The molecule has 1 atom stereocenters. The van der Waals surface area contributed by atoms with Crippen molar-refractivity contribution in [1.29, 1.82) is 0 Å². The summed E-state index contributed by atoms with van der Waals surface area (Å²) in [5, 5.41) is 5.75. The Bertz CT molecular complexity index is 390. The molecule has 1 rings (SSSR count). The highest BCUT2D eigenvalue weighted by atomic mass is 16.2. The fraction of sp³-hybridized carbons (Fsp3) is 0.533. The molecule has 0 aliphatic heterocycles. The van der Waals surface area contributed by atoms with Gasteiger partial charge in [0.1, 0.15) is 0 Å². The summed E-state index contributed by atoms with van der Waals surface area (Å²) < 4.78 is 0. The van der Waals surface area contributed by atoms with Gasteiger partial charge >= 0.3 is 6.03 Å². The summed E-state index contributed by atoms with van der Waals surface area (Å²) in [7, 11) is 4.06. The van der Waals surface area contributed by atoms with Crippen molar-refractivity contribution in [2.75, 3.05) is 26.0 Å². The zero-order valence-corrected chi connectivity index (χ0v) is 12.5. The lowest BCUT2D eigenvalue weighted by molar-refractivity contribution is 0.218. The van der Waals surface area contributed by atoms with Gasteiger partial charge in [0.2, 0.25) is 0 Å². The molecule has 0 bridgehead atoms. The highest BCUT2D eigenvalue weighted by molar-refractivity contribution is 5.89. The van der Waals surface area contributed by atoms with E-state index in [0.717, 1.165) is 5.69 Å². The number of rotatable bonds is 5. The van der Waals surface area contributed by atoms with E-state index in [2.05, 4.69) is 29.4 Å². The minimum atomic E-state index is -0.156. The maximum absolute atomic E-state index is 11.8. The average Bonchev–Trinajstić information content (AvgIpc) is 2.31. The molecule has 0 fully saturated rings. The van der Waals surface area contributed by atoms with E-state index in [9.17, 15) is 4.79 Å². The number of carbonyl (C=O) groups is 1. The van der Waals surface area contributed by atoms with Crippen molar-refractivity contribution >= 4 is 11.7 Å². The third kappa shape index (κ3) is 5.30. The number of amides is 2. The molecule has 0 saturated heterocycles. The summed E-state index contributed by atoms with van der Waals surface area (Å²) in [4.78, 5) is 13.9. The summed E-state index contributed by atoms with van der Waals surface area (Å²) in [6.45, 7) is 6.98.